The molecule has 3 aromatic rings. The van der Waals surface area contributed by atoms with Crippen LogP contribution in [0.1, 0.15) is 5.69 Å². The van der Waals surface area contributed by atoms with Crippen LogP contribution in [0.25, 0.3) is 11.5 Å². The average molecular weight is 389 g/mol. The van der Waals surface area contributed by atoms with Crippen molar-refractivity contribution < 1.29 is 17.9 Å². The highest BCUT2D eigenvalue weighted by molar-refractivity contribution is 5.58. The molecule has 144 valence electrons. The Morgan fingerprint density at radius 2 is 1.79 bits per heavy atom. The molecule has 28 heavy (non-hydrogen) atoms. The second kappa shape index (κ2) is 7.35. The highest BCUT2D eigenvalue weighted by Crippen LogP contribution is 2.29. The van der Waals surface area contributed by atoms with Crippen LogP contribution in [0, 0.1) is 0 Å². The van der Waals surface area contributed by atoms with Crippen molar-refractivity contribution >= 4 is 17.6 Å². The summed E-state index contributed by atoms with van der Waals surface area (Å²) >= 11 is 0. The third kappa shape index (κ3) is 4.14. The van der Waals surface area contributed by atoms with Crippen molar-refractivity contribution in [1.82, 2.24) is 24.9 Å². The minimum absolute atomic E-state index is 0.0598. The van der Waals surface area contributed by atoms with Crippen LogP contribution in [0.3, 0.4) is 0 Å². The molecule has 0 amide bonds. The molecule has 3 aromatic heterocycles. The molecule has 8 nitrogen and oxygen atoms in total. The fourth-order valence-electron chi connectivity index (χ4n) is 2.40. The molecule has 0 atom stereocenters. The van der Waals surface area contributed by atoms with E-state index in [1.165, 1.54) is 6.07 Å². The zero-order chi connectivity index (χ0) is 19.6. The highest BCUT2D eigenvalue weighted by Gasteiger charge is 2.32. The second-order valence-corrected chi connectivity index (χ2v) is 5.95. The van der Waals surface area contributed by atoms with Gasteiger partial charge in [-0.25, -0.2) is 0 Å². The molecule has 11 heteroatoms. The predicted molar refractivity (Wildman–Crippen MR) is 93.8 cm³/mol. The van der Waals surface area contributed by atoms with Crippen LogP contribution in [0.15, 0.2) is 42.7 Å². The molecule has 2 N–H and O–H groups in total. The van der Waals surface area contributed by atoms with E-state index in [4.69, 9.17) is 4.74 Å². The summed E-state index contributed by atoms with van der Waals surface area (Å²) in [5, 5.41) is 5.88. The van der Waals surface area contributed by atoms with Crippen molar-refractivity contribution in [3.8, 4) is 11.5 Å². The Morgan fingerprint density at radius 1 is 0.964 bits per heavy atom. The fraction of sp³-hybridized carbons (Fsp3) is 0.235. The topological polar surface area (TPSA) is 97.7 Å². The number of hydrogen-bond donors (Lipinski definition) is 2. The van der Waals surface area contributed by atoms with Gasteiger partial charge in [0.05, 0.1) is 19.3 Å². The largest absolute Gasteiger partial charge is 0.433 e. The smallest absolute Gasteiger partial charge is 0.377 e. The minimum atomic E-state index is -4.55. The first kappa shape index (κ1) is 18.0. The van der Waals surface area contributed by atoms with E-state index in [1.54, 1.807) is 24.4 Å². The first-order chi connectivity index (χ1) is 13.5. The lowest BCUT2D eigenvalue weighted by atomic mass is 10.3. The van der Waals surface area contributed by atoms with Gasteiger partial charge in [-0.3, -0.25) is 9.97 Å². The van der Waals surface area contributed by atoms with Crippen LogP contribution >= 0.6 is 0 Å². The van der Waals surface area contributed by atoms with Crippen molar-refractivity contribution in [2.45, 2.75) is 12.2 Å². The number of ether oxygens (including phenoxy) is 1. The maximum Gasteiger partial charge on any atom is 0.433 e. The fourth-order valence-corrected chi connectivity index (χ4v) is 2.40. The van der Waals surface area contributed by atoms with Gasteiger partial charge < -0.3 is 15.4 Å². The summed E-state index contributed by atoms with van der Waals surface area (Å²) < 4.78 is 43.8. The molecule has 0 spiro atoms. The van der Waals surface area contributed by atoms with E-state index in [2.05, 4.69) is 35.6 Å². The number of nitrogens with zero attached hydrogens (tertiary/aromatic N) is 5. The SMILES string of the molecule is FC(F)(F)c1cc(Nc2nc(NC3COC3)nc(-c3ccccn3)n2)ccn1. The number of alkyl halides is 3. The van der Waals surface area contributed by atoms with Crippen LogP contribution in [0.5, 0.6) is 0 Å². The van der Waals surface area contributed by atoms with E-state index in [0.29, 0.717) is 18.9 Å². The van der Waals surface area contributed by atoms with E-state index in [9.17, 15) is 13.2 Å². The summed E-state index contributed by atoms with van der Waals surface area (Å²) in [5.74, 6) is 0.639. The lowest BCUT2D eigenvalue weighted by Gasteiger charge is -2.26. The van der Waals surface area contributed by atoms with Crippen molar-refractivity contribution in [3.05, 3.63) is 48.4 Å². The molecule has 0 aromatic carbocycles. The summed E-state index contributed by atoms with van der Waals surface area (Å²) in [6, 6.07) is 7.60. The van der Waals surface area contributed by atoms with Gasteiger partial charge in [0.15, 0.2) is 5.82 Å². The summed E-state index contributed by atoms with van der Waals surface area (Å²) in [6.45, 7) is 1.04. The normalized spacial score (nSPS) is 14.4. The summed E-state index contributed by atoms with van der Waals surface area (Å²) in [6.07, 6.45) is -1.89. The lowest BCUT2D eigenvalue weighted by molar-refractivity contribution is -0.141. The third-order valence-corrected chi connectivity index (χ3v) is 3.81. The first-order valence-electron chi connectivity index (χ1n) is 8.29. The maximum atomic E-state index is 12.9. The van der Waals surface area contributed by atoms with Crippen LogP contribution in [0.4, 0.5) is 30.8 Å². The van der Waals surface area contributed by atoms with E-state index in [-0.39, 0.29) is 29.5 Å². The maximum absolute atomic E-state index is 12.9. The Balaban J connectivity index is 1.66. The zero-order valence-electron chi connectivity index (χ0n) is 14.3. The average Bonchev–Trinajstić information content (AvgIpc) is 2.65. The molecule has 0 aliphatic carbocycles. The van der Waals surface area contributed by atoms with Gasteiger partial charge >= 0.3 is 6.18 Å². The van der Waals surface area contributed by atoms with Crippen LogP contribution in [-0.2, 0) is 10.9 Å². The summed E-state index contributed by atoms with van der Waals surface area (Å²) in [7, 11) is 0. The molecular formula is C17H14F3N7O. The molecular weight excluding hydrogens is 375 g/mol. The standard InChI is InChI=1S/C17H14F3N7O/c18-17(19,20)13-7-10(4-6-22-13)23-15-25-14(12-3-1-2-5-21-12)26-16(27-15)24-11-8-28-9-11/h1-7,11H,8-9H2,(H2,22,23,24,25,26,27). The first-order valence-corrected chi connectivity index (χ1v) is 8.29. The van der Waals surface area contributed by atoms with Crippen molar-refractivity contribution in [2.75, 3.05) is 23.8 Å². The van der Waals surface area contributed by atoms with E-state index in [0.717, 1.165) is 12.3 Å². The summed E-state index contributed by atoms with van der Waals surface area (Å²) in [5.41, 5.74) is -0.355. The van der Waals surface area contributed by atoms with Gasteiger partial charge in [-0.05, 0) is 24.3 Å². The number of pyridine rings is 2. The van der Waals surface area contributed by atoms with Gasteiger partial charge in [-0.2, -0.15) is 28.1 Å². The van der Waals surface area contributed by atoms with E-state index >= 15 is 0 Å². The molecule has 1 saturated heterocycles. The molecule has 0 radical (unpaired) electrons. The van der Waals surface area contributed by atoms with Crippen LogP contribution < -0.4 is 10.6 Å². The summed E-state index contributed by atoms with van der Waals surface area (Å²) in [4.78, 5) is 20.4. The zero-order valence-corrected chi connectivity index (χ0v) is 14.3. The number of nitrogens with one attached hydrogen (secondary N) is 2. The monoisotopic (exact) mass is 389 g/mol. The predicted octanol–water partition coefficient (Wildman–Crippen LogP) is 2.90. The number of hydrogen-bond acceptors (Lipinski definition) is 8. The second-order valence-electron chi connectivity index (χ2n) is 5.95. The molecule has 0 bridgehead atoms. The molecule has 1 aliphatic rings. The minimum Gasteiger partial charge on any atom is -0.377 e. The van der Waals surface area contributed by atoms with Crippen molar-refractivity contribution in [2.24, 2.45) is 0 Å². The number of anilines is 3. The van der Waals surface area contributed by atoms with Gasteiger partial charge in [0, 0.05) is 18.1 Å². The van der Waals surface area contributed by atoms with Gasteiger partial charge in [-0.1, -0.05) is 6.07 Å². The Bertz CT molecular complexity index is 964. The Labute approximate surface area is 157 Å². The Hall–Kier alpha value is -3.34. The van der Waals surface area contributed by atoms with Gasteiger partial charge in [0.2, 0.25) is 11.9 Å². The van der Waals surface area contributed by atoms with E-state index < -0.39 is 11.9 Å². The third-order valence-electron chi connectivity index (χ3n) is 3.81. The molecule has 1 aliphatic heterocycles. The molecule has 0 saturated carbocycles. The molecule has 4 heterocycles. The highest BCUT2D eigenvalue weighted by atomic mass is 19.4. The Kier molecular flexibility index (Phi) is 4.74. The molecule has 0 unspecified atom stereocenters. The number of rotatable bonds is 5. The lowest BCUT2D eigenvalue weighted by Crippen LogP contribution is -2.40. The van der Waals surface area contributed by atoms with Gasteiger partial charge in [0.1, 0.15) is 11.4 Å². The van der Waals surface area contributed by atoms with Crippen molar-refractivity contribution in [1.29, 1.82) is 0 Å². The van der Waals surface area contributed by atoms with Crippen molar-refractivity contribution in [3.63, 3.8) is 0 Å². The van der Waals surface area contributed by atoms with E-state index in [1.807, 2.05) is 0 Å². The quantitative estimate of drug-likeness (QED) is 0.688. The Morgan fingerprint density at radius 3 is 2.46 bits per heavy atom. The number of halogens is 3. The number of aromatic nitrogens is 5. The van der Waals surface area contributed by atoms with Gasteiger partial charge in [0.25, 0.3) is 0 Å². The van der Waals surface area contributed by atoms with Crippen LogP contribution in [0.2, 0.25) is 0 Å². The van der Waals surface area contributed by atoms with Gasteiger partial charge in [-0.15, -0.1) is 0 Å². The molecule has 1 fully saturated rings. The van der Waals surface area contributed by atoms with Crippen LogP contribution in [-0.4, -0.2) is 44.2 Å². The molecule has 4 rings (SSSR count).